The van der Waals surface area contributed by atoms with Crippen LogP contribution in [0.15, 0.2) is 17.1 Å². The average molecular weight is 227 g/mol. The van der Waals surface area contributed by atoms with Gasteiger partial charge in [-0.1, -0.05) is 18.5 Å². The lowest BCUT2D eigenvalue weighted by Gasteiger charge is -2.07. The van der Waals surface area contributed by atoms with Crippen molar-refractivity contribution in [3.63, 3.8) is 0 Å². The number of benzene rings is 1. The molecule has 0 bridgehead atoms. The lowest BCUT2D eigenvalue weighted by atomic mass is 10.2. The van der Waals surface area contributed by atoms with E-state index in [1.54, 1.807) is 13.2 Å². The van der Waals surface area contributed by atoms with Gasteiger partial charge in [-0.15, -0.1) is 0 Å². The summed E-state index contributed by atoms with van der Waals surface area (Å²) in [4.78, 5) is 4.26. The van der Waals surface area contributed by atoms with Crippen LogP contribution in [0.2, 0.25) is 5.02 Å². The van der Waals surface area contributed by atoms with E-state index < -0.39 is 0 Å². The number of methoxy groups -OCH3 is 1. The number of ether oxygens (including phenoxy) is 1. The molecule has 15 heavy (non-hydrogen) atoms. The Balaban J connectivity index is 3.22. The first kappa shape index (κ1) is 11.9. The summed E-state index contributed by atoms with van der Waals surface area (Å²) >= 11 is 5.98. The quantitative estimate of drug-likeness (QED) is 0.636. The third-order valence-corrected chi connectivity index (χ3v) is 2.49. The summed E-state index contributed by atoms with van der Waals surface area (Å²) in [5.41, 5.74) is 7.36. The van der Waals surface area contributed by atoms with Gasteiger partial charge < -0.3 is 10.5 Å². The van der Waals surface area contributed by atoms with Crippen LogP contribution in [0.5, 0.6) is 5.75 Å². The highest BCUT2D eigenvalue weighted by Crippen LogP contribution is 2.33. The first-order valence-corrected chi connectivity index (χ1v) is 5.13. The second-order valence-electron chi connectivity index (χ2n) is 3.23. The second kappa shape index (κ2) is 5.03. The number of hydrogen-bond donors (Lipinski definition) is 1. The Morgan fingerprint density at radius 1 is 1.53 bits per heavy atom. The lowest BCUT2D eigenvalue weighted by molar-refractivity contribution is 0.416. The molecule has 1 aromatic rings. The fourth-order valence-electron chi connectivity index (χ4n) is 1.13. The van der Waals surface area contributed by atoms with E-state index in [9.17, 15) is 0 Å². The maximum Gasteiger partial charge on any atom is 0.146 e. The Bertz CT molecular complexity index is 388. The van der Waals surface area contributed by atoms with Gasteiger partial charge >= 0.3 is 0 Å². The van der Waals surface area contributed by atoms with Gasteiger partial charge in [-0.2, -0.15) is 0 Å². The van der Waals surface area contributed by atoms with Crippen molar-refractivity contribution < 1.29 is 4.74 Å². The standard InChI is InChI=1S/C11H15ClN2O/c1-4-11(13)14-9-5-7(2)8(12)6-10(9)15-3/h5-6H,4H2,1-3H3,(H2,13,14). The largest absolute Gasteiger partial charge is 0.494 e. The van der Waals surface area contributed by atoms with Gasteiger partial charge in [0, 0.05) is 17.5 Å². The molecule has 0 spiro atoms. The fraction of sp³-hybridized carbons (Fsp3) is 0.364. The molecule has 0 aliphatic heterocycles. The number of halogens is 1. The first-order chi connectivity index (χ1) is 7.08. The Kier molecular flexibility index (Phi) is 3.97. The number of nitrogens with zero attached hydrogens (tertiary/aromatic N) is 1. The molecule has 0 aromatic heterocycles. The molecule has 0 amide bonds. The smallest absolute Gasteiger partial charge is 0.146 e. The number of amidine groups is 1. The Hall–Kier alpha value is -1.22. The maximum atomic E-state index is 5.98. The highest BCUT2D eigenvalue weighted by Gasteiger charge is 2.06. The van der Waals surface area contributed by atoms with Crippen molar-refractivity contribution in [1.29, 1.82) is 0 Å². The molecule has 82 valence electrons. The predicted octanol–water partition coefficient (Wildman–Crippen LogP) is 3.06. The molecule has 0 saturated carbocycles. The first-order valence-electron chi connectivity index (χ1n) is 4.75. The Morgan fingerprint density at radius 3 is 2.73 bits per heavy atom. The van der Waals surface area contributed by atoms with Crippen LogP contribution in [0.4, 0.5) is 5.69 Å². The van der Waals surface area contributed by atoms with Crippen molar-refractivity contribution in [1.82, 2.24) is 0 Å². The Labute approximate surface area is 94.9 Å². The van der Waals surface area contributed by atoms with E-state index >= 15 is 0 Å². The monoisotopic (exact) mass is 226 g/mol. The van der Waals surface area contributed by atoms with Gasteiger partial charge in [0.25, 0.3) is 0 Å². The van der Waals surface area contributed by atoms with Crippen LogP contribution >= 0.6 is 11.6 Å². The van der Waals surface area contributed by atoms with Crippen molar-refractivity contribution >= 4 is 23.1 Å². The molecule has 0 heterocycles. The summed E-state index contributed by atoms with van der Waals surface area (Å²) in [6.45, 7) is 3.87. The van der Waals surface area contributed by atoms with Crippen molar-refractivity contribution in [3.8, 4) is 5.75 Å². The normalized spacial score (nSPS) is 11.6. The molecule has 0 aliphatic rings. The van der Waals surface area contributed by atoms with Gasteiger partial charge in [-0.3, -0.25) is 0 Å². The zero-order chi connectivity index (χ0) is 11.4. The molecule has 1 rings (SSSR count). The number of aliphatic imine (C=N–C) groups is 1. The summed E-state index contributed by atoms with van der Waals surface area (Å²) in [5, 5.41) is 0.667. The number of aryl methyl sites for hydroxylation is 1. The summed E-state index contributed by atoms with van der Waals surface area (Å²) in [7, 11) is 1.59. The molecule has 0 radical (unpaired) electrons. The molecular formula is C11H15ClN2O. The molecule has 0 aliphatic carbocycles. The van der Waals surface area contributed by atoms with Crippen LogP contribution in [-0.2, 0) is 0 Å². The van der Waals surface area contributed by atoms with Crippen LogP contribution in [0.25, 0.3) is 0 Å². The van der Waals surface area contributed by atoms with Gasteiger partial charge in [0.15, 0.2) is 0 Å². The van der Waals surface area contributed by atoms with Crippen molar-refractivity contribution in [2.75, 3.05) is 7.11 Å². The summed E-state index contributed by atoms with van der Waals surface area (Å²) in [5.74, 6) is 1.22. The third-order valence-electron chi connectivity index (χ3n) is 2.09. The van der Waals surface area contributed by atoms with Crippen LogP contribution in [0.3, 0.4) is 0 Å². The van der Waals surface area contributed by atoms with E-state index in [1.165, 1.54) is 0 Å². The Morgan fingerprint density at radius 2 is 2.20 bits per heavy atom. The highest BCUT2D eigenvalue weighted by atomic mass is 35.5. The van der Waals surface area contributed by atoms with Gasteiger partial charge in [0.05, 0.1) is 12.9 Å². The summed E-state index contributed by atoms with van der Waals surface area (Å²) in [6.07, 6.45) is 0.713. The zero-order valence-electron chi connectivity index (χ0n) is 9.17. The fourth-order valence-corrected chi connectivity index (χ4v) is 1.29. The van der Waals surface area contributed by atoms with Crippen LogP contribution in [0, 0.1) is 6.92 Å². The molecule has 3 nitrogen and oxygen atoms in total. The van der Waals surface area contributed by atoms with Crippen LogP contribution < -0.4 is 10.5 Å². The predicted molar refractivity (Wildman–Crippen MR) is 64.3 cm³/mol. The van der Waals surface area contributed by atoms with Gasteiger partial charge in [-0.25, -0.2) is 4.99 Å². The molecule has 0 atom stereocenters. The van der Waals surface area contributed by atoms with Crippen LogP contribution in [-0.4, -0.2) is 12.9 Å². The van der Waals surface area contributed by atoms with Crippen molar-refractivity contribution in [2.45, 2.75) is 20.3 Å². The van der Waals surface area contributed by atoms with E-state index in [2.05, 4.69) is 4.99 Å². The zero-order valence-corrected chi connectivity index (χ0v) is 9.93. The molecule has 0 fully saturated rings. The lowest BCUT2D eigenvalue weighted by Crippen LogP contribution is -2.08. The molecule has 4 heteroatoms. The van der Waals surface area contributed by atoms with E-state index in [0.29, 0.717) is 23.0 Å². The highest BCUT2D eigenvalue weighted by molar-refractivity contribution is 6.31. The third kappa shape index (κ3) is 2.86. The van der Waals surface area contributed by atoms with E-state index in [4.69, 9.17) is 22.1 Å². The summed E-state index contributed by atoms with van der Waals surface area (Å²) < 4.78 is 5.18. The minimum absolute atomic E-state index is 0.579. The number of nitrogens with two attached hydrogens (primary N) is 1. The van der Waals surface area contributed by atoms with Gasteiger partial charge in [-0.05, 0) is 18.6 Å². The van der Waals surface area contributed by atoms with E-state index in [1.807, 2.05) is 19.9 Å². The maximum absolute atomic E-state index is 5.98. The molecular weight excluding hydrogens is 212 g/mol. The SMILES string of the molecule is CCC(N)=Nc1cc(C)c(Cl)cc1OC. The average Bonchev–Trinajstić information content (AvgIpc) is 2.22. The van der Waals surface area contributed by atoms with Gasteiger partial charge in [0.2, 0.25) is 0 Å². The minimum Gasteiger partial charge on any atom is -0.494 e. The second-order valence-corrected chi connectivity index (χ2v) is 3.64. The van der Waals surface area contributed by atoms with Gasteiger partial charge in [0.1, 0.15) is 11.4 Å². The topological polar surface area (TPSA) is 47.6 Å². The molecule has 0 unspecified atom stereocenters. The van der Waals surface area contributed by atoms with E-state index in [-0.39, 0.29) is 0 Å². The summed E-state index contributed by atoms with van der Waals surface area (Å²) in [6, 6.07) is 3.61. The minimum atomic E-state index is 0.579. The van der Waals surface area contributed by atoms with Crippen LogP contribution in [0.1, 0.15) is 18.9 Å². The van der Waals surface area contributed by atoms with Crippen molar-refractivity contribution in [2.24, 2.45) is 10.7 Å². The van der Waals surface area contributed by atoms with E-state index in [0.717, 1.165) is 11.3 Å². The molecule has 1 aromatic carbocycles. The van der Waals surface area contributed by atoms with Crippen molar-refractivity contribution in [3.05, 3.63) is 22.7 Å². The molecule has 0 saturated heterocycles. The number of rotatable bonds is 3. The number of hydrogen-bond acceptors (Lipinski definition) is 2. The molecule has 2 N–H and O–H groups in total.